The van der Waals surface area contributed by atoms with Crippen LogP contribution in [0, 0.1) is 0 Å². The standard InChI is InChI=1S/C8H14Cl2O2/c1-2-3-4-5-6-7(9)8(11)12-10/h7H,2-6H2,1H3. The molecule has 0 fully saturated rings. The molecule has 0 aromatic heterocycles. The fourth-order valence-corrected chi connectivity index (χ4v) is 1.27. The summed E-state index contributed by atoms with van der Waals surface area (Å²) >= 11 is 10.5. The molecule has 0 N–H and O–H groups in total. The third-order valence-electron chi connectivity index (χ3n) is 1.64. The second-order valence-electron chi connectivity index (χ2n) is 2.71. The van der Waals surface area contributed by atoms with E-state index in [1.54, 1.807) is 0 Å². The molecule has 0 aromatic rings. The zero-order valence-corrected chi connectivity index (χ0v) is 8.70. The minimum atomic E-state index is -0.584. The second kappa shape index (κ2) is 7.69. The van der Waals surface area contributed by atoms with Gasteiger partial charge in [0.2, 0.25) is 0 Å². The van der Waals surface area contributed by atoms with Gasteiger partial charge in [-0.1, -0.05) is 32.6 Å². The molecule has 0 aliphatic carbocycles. The summed E-state index contributed by atoms with van der Waals surface area (Å²) in [5.74, 6) is -0.546. The number of hydrogen-bond donors (Lipinski definition) is 0. The van der Waals surface area contributed by atoms with Gasteiger partial charge in [-0.05, 0) is 6.42 Å². The maximum absolute atomic E-state index is 10.7. The van der Waals surface area contributed by atoms with Crippen LogP contribution in [0.3, 0.4) is 0 Å². The third-order valence-corrected chi connectivity index (χ3v) is 2.19. The van der Waals surface area contributed by atoms with Gasteiger partial charge < -0.3 is 4.29 Å². The smallest absolute Gasteiger partial charge is 0.342 e. The van der Waals surface area contributed by atoms with Crippen LogP contribution in [0.1, 0.15) is 39.0 Å². The molecule has 0 saturated heterocycles. The lowest BCUT2D eigenvalue weighted by Gasteiger charge is -2.03. The van der Waals surface area contributed by atoms with E-state index in [4.69, 9.17) is 23.5 Å². The molecule has 0 bridgehead atoms. The Hall–Kier alpha value is 0.0500. The molecular formula is C8H14Cl2O2. The van der Waals surface area contributed by atoms with E-state index in [1.165, 1.54) is 12.8 Å². The number of alkyl halides is 1. The number of carbonyl (C=O) groups is 1. The van der Waals surface area contributed by atoms with Gasteiger partial charge in [-0.2, -0.15) is 0 Å². The van der Waals surface area contributed by atoms with Crippen LogP contribution in [0.15, 0.2) is 0 Å². The van der Waals surface area contributed by atoms with E-state index in [0.29, 0.717) is 6.42 Å². The van der Waals surface area contributed by atoms with Crippen LogP contribution in [0.25, 0.3) is 0 Å². The summed E-state index contributed by atoms with van der Waals surface area (Å²) in [6, 6.07) is 0. The maximum Gasteiger partial charge on any atom is 0.342 e. The number of carbonyl (C=O) groups excluding carboxylic acids is 1. The lowest BCUT2D eigenvalue weighted by Crippen LogP contribution is -2.13. The Morgan fingerprint density at radius 3 is 2.58 bits per heavy atom. The number of rotatable bonds is 6. The van der Waals surface area contributed by atoms with E-state index in [1.807, 2.05) is 0 Å². The number of hydrogen-bond acceptors (Lipinski definition) is 2. The van der Waals surface area contributed by atoms with E-state index in [0.717, 1.165) is 12.8 Å². The zero-order valence-electron chi connectivity index (χ0n) is 7.19. The Morgan fingerprint density at radius 1 is 1.42 bits per heavy atom. The molecule has 0 aromatic carbocycles. The highest BCUT2D eigenvalue weighted by Crippen LogP contribution is 2.12. The summed E-state index contributed by atoms with van der Waals surface area (Å²) in [5.41, 5.74) is 0. The topological polar surface area (TPSA) is 26.3 Å². The predicted octanol–water partition coefficient (Wildman–Crippen LogP) is 3.26. The highest BCUT2D eigenvalue weighted by Gasteiger charge is 2.15. The lowest BCUT2D eigenvalue weighted by molar-refractivity contribution is -0.133. The predicted molar refractivity (Wildman–Crippen MR) is 50.3 cm³/mol. The van der Waals surface area contributed by atoms with Crippen LogP contribution in [0.2, 0.25) is 0 Å². The van der Waals surface area contributed by atoms with Crippen LogP contribution >= 0.6 is 23.5 Å². The Labute approximate surface area is 83.3 Å². The van der Waals surface area contributed by atoms with Crippen molar-refractivity contribution < 1.29 is 9.08 Å². The van der Waals surface area contributed by atoms with Crippen LogP contribution in [0.4, 0.5) is 0 Å². The quantitative estimate of drug-likeness (QED) is 0.500. The molecule has 0 spiro atoms. The van der Waals surface area contributed by atoms with Gasteiger partial charge in [0.1, 0.15) is 17.2 Å². The average Bonchev–Trinajstić information content (AvgIpc) is 2.10. The minimum absolute atomic E-state index is 0.546. The largest absolute Gasteiger partial charge is 0.346 e. The summed E-state index contributed by atoms with van der Waals surface area (Å²) in [6.07, 6.45) is 5.06. The normalized spacial score (nSPS) is 12.6. The van der Waals surface area contributed by atoms with E-state index >= 15 is 0 Å². The first-order valence-corrected chi connectivity index (χ1v) is 4.93. The molecule has 2 nitrogen and oxygen atoms in total. The van der Waals surface area contributed by atoms with Crippen LogP contribution in [-0.4, -0.2) is 11.3 Å². The highest BCUT2D eigenvalue weighted by molar-refractivity contribution is 6.31. The number of halogens is 2. The average molecular weight is 213 g/mol. The third kappa shape index (κ3) is 5.67. The van der Waals surface area contributed by atoms with Gasteiger partial charge in [-0.3, -0.25) is 0 Å². The van der Waals surface area contributed by atoms with Crippen molar-refractivity contribution in [2.24, 2.45) is 0 Å². The van der Waals surface area contributed by atoms with Crippen molar-refractivity contribution >= 4 is 29.4 Å². The molecule has 0 saturated carbocycles. The van der Waals surface area contributed by atoms with Crippen molar-refractivity contribution in [3.05, 3.63) is 0 Å². The fraction of sp³-hybridized carbons (Fsp3) is 0.875. The molecule has 12 heavy (non-hydrogen) atoms. The molecule has 0 amide bonds. The first kappa shape index (κ1) is 12.0. The summed E-state index contributed by atoms with van der Waals surface area (Å²) in [7, 11) is 0. The molecule has 1 unspecified atom stereocenters. The Kier molecular flexibility index (Phi) is 7.72. The summed E-state index contributed by atoms with van der Waals surface area (Å²) in [4.78, 5) is 10.7. The Bertz CT molecular complexity index is 128. The van der Waals surface area contributed by atoms with Crippen molar-refractivity contribution in [1.82, 2.24) is 0 Å². The Morgan fingerprint density at radius 2 is 2.08 bits per heavy atom. The van der Waals surface area contributed by atoms with Gasteiger partial charge in [-0.15, -0.1) is 11.6 Å². The molecule has 0 rings (SSSR count). The minimum Gasteiger partial charge on any atom is -0.346 e. The van der Waals surface area contributed by atoms with Gasteiger partial charge in [0.05, 0.1) is 0 Å². The summed E-state index contributed by atoms with van der Waals surface area (Å²) in [6.45, 7) is 2.13. The highest BCUT2D eigenvalue weighted by atomic mass is 35.5. The van der Waals surface area contributed by atoms with Gasteiger partial charge in [-0.25, -0.2) is 4.79 Å². The summed E-state index contributed by atoms with van der Waals surface area (Å²) in [5, 5.41) is -0.584. The van der Waals surface area contributed by atoms with Crippen molar-refractivity contribution in [3.8, 4) is 0 Å². The van der Waals surface area contributed by atoms with E-state index in [9.17, 15) is 4.79 Å². The SMILES string of the molecule is CCCCCCC(Cl)C(=O)OCl. The second-order valence-corrected chi connectivity index (χ2v) is 3.39. The zero-order chi connectivity index (χ0) is 9.40. The molecule has 0 heterocycles. The lowest BCUT2D eigenvalue weighted by atomic mass is 10.1. The van der Waals surface area contributed by atoms with E-state index < -0.39 is 11.3 Å². The molecule has 1 atom stereocenters. The first-order chi connectivity index (χ1) is 5.72. The number of unbranched alkanes of at least 4 members (excludes halogenated alkanes) is 3. The van der Waals surface area contributed by atoms with Gasteiger partial charge >= 0.3 is 5.97 Å². The fourth-order valence-electron chi connectivity index (χ4n) is 0.917. The van der Waals surface area contributed by atoms with Crippen LogP contribution in [0.5, 0.6) is 0 Å². The maximum atomic E-state index is 10.7. The molecule has 0 radical (unpaired) electrons. The molecular weight excluding hydrogens is 199 g/mol. The van der Waals surface area contributed by atoms with Gasteiger partial charge in [0, 0.05) is 0 Å². The monoisotopic (exact) mass is 212 g/mol. The van der Waals surface area contributed by atoms with Crippen molar-refractivity contribution in [2.45, 2.75) is 44.4 Å². The van der Waals surface area contributed by atoms with E-state index in [-0.39, 0.29) is 0 Å². The van der Waals surface area contributed by atoms with E-state index in [2.05, 4.69) is 11.2 Å². The van der Waals surface area contributed by atoms with Crippen LogP contribution < -0.4 is 0 Å². The van der Waals surface area contributed by atoms with Crippen molar-refractivity contribution in [3.63, 3.8) is 0 Å². The Balaban J connectivity index is 3.31. The van der Waals surface area contributed by atoms with Crippen molar-refractivity contribution in [1.29, 1.82) is 0 Å². The van der Waals surface area contributed by atoms with Crippen LogP contribution in [-0.2, 0) is 9.08 Å². The summed E-state index contributed by atoms with van der Waals surface area (Å²) < 4.78 is 3.97. The molecule has 72 valence electrons. The van der Waals surface area contributed by atoms with Gasteiger partial charge in [0.15, 0.2) is 0 Å². The molecule has 0 aliphatic heterocycles. The first-order valence-electron chi connectivity index (χ1n) is 4.18. The molecule has 0 aliphatic rings. The molecule has 4 heteroatoms. The van der Waals surface area contributed by atoms with Gasteiger partial charge in [0.25, 0.3) is 0 Å². The van der Waals surface area contributed by atoms with Crippen molar-refractivity contribution in [2.75, 3.05) is 0 Å².